The number of carbonyl (C=O) groups is 1. The highest BCUT2D eigenvalue weighted by molar-refractivity contribution is 6.19. The number of H-pyrrole nitrogens is 1. The predicted molar refractivity (Wildman–Crippen MR) is 153 cm³/mol. The Kier molecular flexibility index (Phi) is 5.17. The van der Waals surface area contributed by atoms with Crippen LogP contribution in [0.4, 0.5) is 15.8 Å². The van der Waals surface area contributed by atoms with Crippen molar-refractivity contribution in [3.8, 4) is 17.2 Å². The molecule has 1 aliphatic heterocycles. The standard InChI is InChI=1S/C29H25FN8O3/c1-33-19-6-18(30)15(8-31)21-22-24(38-4-3-29(12-38)7-20(29)32)16(10-34-26(22)36-23(19)21)13-5-14-25(39)17(28(40)41)11-37(2)27(14)35-9-13/h5-6,9-11,20,33H,3-4,7,12,32H2,1-2H3,(H,34,36)(H,40,41)/t20-,29+/m1/s1. The quantitative estimate of drug-likeness (QED) is 0.262. The Morgan fingerprint density at radius 3 is 2.76 bits per heavy atom. The van der Waals surface area contributed by atoms with Gasteiger partial charge in [0.1, 0.15) is 28.7 Å². The van der Waals surface area contributed by atoms with Crippen molar-refractivity contribution >= 4 is 50.3 Å². The highest BCUT2D eigenvalue weighted by atomic mass is 19.1. The van der Waals surface area contributed by atoms with Crippen LogP contribution in [0.5, 0.6) is 0 Å². The van der Waals surface area contributed by atoms with Crippen molar-refractivity contribution in [3.63, 3.8) is 0 Å². The SMILES string of the molecule is CNc1cc(F)c(C#N)c2c1[nH]c1ncc(-c3cnc4c(c3)c(=O)c(C(=O)O)cn4C)c(N3CC[C@]4(C[C@H]4N)C3)c12. The number of hydrogen-bond donors (Lipinski definition) is 4. The van der Waals surface area contributed by atoms with Crippen LogP contribution in [0.2, 0.25) is 0 Å². The van der Waals surface area contributed by atoms with Gasteiger partial charge in [0.2, 0.25) is 5.43 Å². The molecule has 1 spiro atoms. The van der Waals surface area contributed by atoms with Crippen molar-refractivity contribution in [2.24, 2.45) is 18.2 Å². The van der Waals surface area contributed by atoms with Crippen LogP contribution in [0, 0.1) is 22.6 Å². The number of aromatic carboxylic acids is 1. The van der Waals surface area contributed by atoms with Gasteiger partial charge >= 0.3 is 5.97 Å². The number of nitriles is 1. The van der Waals surface area contributed by atoms with E-state index in [4.69, 9.17) is 5.73 Å². The maximum absolute atomic E-state index is 15.2. The molecule has 5 N–H and O–H groups in total. The molecule has 1 saturated heterocycles. The van der Waals surface area contributed by atoms with E-state index >= 15 is 4.39 Å². The summed E-state index contributed by atoms with van der Waals surface area (Å²) in [7, 11) is 3.31. The monoisotopic (exact) mass is 552 g/mol. The van der Waals surface area contributed by atoms with E-state index < -0.39 is 17.2 Å². The van der Waals surface area contributed by atoms with Gasteiger partial charge in [-0.25, -0.2) is 19.2 Å². The first-order chi connectivity index (χ1) is 19.7. The van der Waals surface area contributed by atoms with Crippen LogP contribution >= 0.6 is 0 Å². The van der Waals surface area contributed by atoms with Crippen molar-refractivity contribution in [2.45, 2.75) is 18.9 Å². The average molecular weight is 553 g/mol. The zero-order valence-corrected chi connectivity index (χ0v) is 22.2. The summed E-state index contributed by atoms with van der Waals surface area (Å²) in [6, 6.07) is 5.04. The maximum atomic E-state index is 15.2. The number of nitrogens with one attached hydrogen (secondary N) is 2. The van der Waals surface area contributed by atoms with Gasteiger partial charge in [0, 0.05) is 79.8 Å². The summed E-state index contributed by atoms with van der Waals surface area (Å²) in [5, 5.41) is 23.7. The first kappa shape index (κ1) is 25.0. The molecule has 7 rings (SSSR count). The molecule has 12 heteroatoms. The highest BCUT2D eigenvalue weighted by Crippen LogP contribution is 2.54. The van der Waals surface area contributed by atoms with Gasteiger partial charge in [-0.15, -0.1) is 0 Å². The molecule has 5 heterocycles. The van der Waals surface area contributed by atoms with Gasteiger partial charge in [0.25, 0.3) is 0 Å². The second kappa shape index (κ2) is 8.49. The maximum Gasteiger partial charge on any atom is 0.341 e. The molecule has 0 bridgehead atoms. The second-order valence-corrected chi connectivity index (χ2v) is 11.0. The fourth-order valence-corrected chi connectivity index (χ4v) is 6.43. The largest absolute Gasteiger partial charge is 0.477 e. The lowest BCUT2D eigenvalue weighted by atomic mass is 9.99. The number of anilines is 2. The van der Waals surface area contributed by atoms with E-state index in [1.807, 2.05) is 6.07 Å². The third-order valence-electron chi connectivity index (χ3n) is 8.71. The Morgan fingerprint density at radius 1 is 1.32 bits per heavy atom. The van der Waals surface area contributed by atoms with Crippen LogP contribution < -0.4 is 21.4 Å². The molecule has 0 radical (unpaired) electrons. The molecule has 41 heavy (non-hydrogen) atoms. The number of aryl methyl sites for hydroxylation is 1. The van der Waals surface area contributed by atoms with Crippen LogP contribution in [0.3, 0.4) is 0 Å². The first-order valence-electron chi connectivity index (χ1n) is 13.2. The van der Waals surface area contributed by atoms with Crippen LogP contribution in [0.1, 0.15) is 28.8 Å². The third-order valence-corrected chi connectivity index (χ3v) is 8.71. The fraction of sp³-hybridized carbons (Fsp3) is 0.276. The normalized spacial score (nSPS) is 19.9. The minimum absolute atomic E-state index is 0.00756. The van der Waals surface area contributed by atoms with Crippen LogP contribution in [0.25, 0.3) is 44.1 Å². The van der Waals surface area contributed by atoms with Gasteiger partial charge < -0.3 is 30.6 Å². The fourth-order valence-electron chi connectivity index (χ4n) is 6.43. The van der Waals surface area contributed by atoms with E-state index in [-0.39, 0.29) is 28.0 Å². The van der Waals surface area contributed by atoms with Crippen molar-refractivity contribution in [3.05, 3.63) is 57.9 Å². The first-order valence-corrected chi connectivity index (χ1v) is 13.2. The number of carboxylic acids is 1. The average Bonchev–Trinajstić information content (AvgIpc) is 3.26. The molecular formula is C29H25FN8O3. The lowest BCUT2D eigenvalue weighted by Crippen LogP contribution is -2.24. The minimum Gasteiger partial charge on any atom is -0.477 e. The molecule has 1 saturated carbocycles. The van der Waals surface area contributed by atoms with Gasteiger partial charge in [-0.2, -0.15) is 5.26 Å². The molecule has 1 aromatic carbocycles. The van der Waals surface area contributed by atoms with Crippen molar-refractivity contribution in [1.82, 2.24) is 19.5 Å². The molecule has 0 unspecified atom stereocenters. The number of fused-ring (bicyclic) bond motifs is 4. The summed E-state index contributed by atoms with van der Waals surface area (Å²) in [6.07, 6.45) is 6.34. The van der Waals surface area contributed by atoms with E-state index in [0.717, 1.165) is 18.5 Å². The molecule has 5 aromatic rings. The molecule has 206 valence electrons. The molecule has 4 aromatic heterocycles. The van der Waals surface area contributed by atoms with Crippen LogP contribution in [0.15, 0.2) is 35.5 Å². The number of hydrogen-bond acceptors (Lipinski definition) is 8. The predicted octanol–water partition coefficient (Wildman–Crippen LogP) is 3.31. The second-order valence-electron chi connectivity index (χ2n) is 11.0. The minimum atomic E-state index is -1.32. The Labute approximate surface area is 232 Å². The van der Waals surface area contributed by atoms with Crippen LogP contribution in [-0.4, -0.2) is 56.8 Å². The molecule has 1 aliphatic carbocycles. The smallest absolute Gasteiger partial charge is 0.341 e. The van der Waals surface area contributed by atoms with Gasteiger partial charge in [0.05, 0.1) is 33.2 Å². The van der Waals surface area contributed by atoms with Crippen LogP contribution in [-0.2, 0) is 7.05 Å². The highest BCUT2D eigenvalue weighted by Gasteiger charge is 2.56. The molecule has 2 atom stereocenters. The number of halogens is 1. The Bertz CT molecular complexity index is 2080. The van der Waals surface area contributed by atoms with E-state index in [1.54, 1.807) is 32.6 Å². The summed E-state index contributed by atoms with van der Waals surface area (Å²) in [6.45, 7) is 1.36. The Morgan fingerprint density at radius 2 is 2.10 bits per heavy atom. The number of carboxylic acid groups (broad SMARTS) is 1. The Balaban J connectivity index is 1.57. The zero-order chi connectivity index (χ0) is 28.8. The summed E-state index contributed by atoms with van der Waals surface area (Å²) < 4.78 is 16.7. The van der Waals surface area contributed by atoms with Gasteiger partial charge in [-0.3, -0.25) is 4.79 Å². The molecular weight excluding hydrogens is 527 g/mol. The number of aromatic nitrogens is 4. The van der Waals surface area contributed by atoms with Gasteiger partial charge in [-0.1, -0.05) is 0 Å². The van der Waals surface area contributed by atoms with E-state index in [2.05, 4.69) is 25.2 Å². The number of pyridine rings is 3. The van der Waals surface area contributed by atoms with Crippen molar-refractivity contribution in [1.29, 1.82) is 5.26 Å². The summed E-state index contributed by atoms with van der Waals surface area (Å²) in [4.78, 5) is 39.6. The molecule has 0 amide bonds. The number of aromatic amines is 1. The van der Waals surface area contributed by atoms with E-state index in [1.165, 1.54) is 16.8 Å². The van der Waals surface area contributed by atoms with Gasteiger partial charge in [-0.05, 0) is 18.9 Å². The summed E-state index contributed by atoms with van der Waals surface area (Å²) in [5.41, 5.74) is 8.98. The lowest BCUT2D eigenvalue weighted by Gasteiger charge is -2.24. The third kappa shape index (κ3) is 3.45. The molecule has 2 aliphatic rings. The Hall–Kier alpha value is -5.02. The summed E-state index contributed by atoms with van der Waals surface area (Å²) >= 11 is 0. The zero-order valence-electron chi connectivity index (χ0n) is 22.2. The topological polar surface area (TPSA) is 166 Å². The molecule has 11 nitrogen and oxygen atoms in total. The number of nitrogens with two attached hydrogens (primary N) is 1. The van der Waals surface area contributed by atoms with E-state index in [9.17, 15) is 20.0 Å². The van der Waals surface area contributed by atoms with Crippen molar-refractivity contribution in [2.75, 3.05) is 30.4 Å². The van der Waals surface area contributed by atoms with Crippen molar-refractivity contribution < 1.29 is 14.3 Å². The lowest BCUT2D eigenvalue weighted by molar-refractivity contribution is 0.0695. The number of rotatable bonds is 4. The van der Waals surface area contributed by atoms with E-state index in [0.29, 0.717) is 57.5 Å². The number of benzene rings is 1. The summed E-state index contributed by atoms with van der Waals surface area (Å²) in [5.74, 6) is -1.98. The van der Waals surface area contributed by atoms with Gasteiger partial charge in [0.15, 0.2) is 0 Å². The molecule has 2 fully saturated rings. The number of nitrogens with zero attached hydrogens (tertiary/aromatic N) is 5.